The minimum absolute atomic E-state index is 0.00145. The maximum absolute atomic E-state index is 12.5. The van der Waals surface area contributed by atoms with Gasteiger partial charge in [0.1, 0.15) is 0 Å². The van der Waals surface area contributed by atoms with Crippen molar-refractivity contribution in [2.45, 2.75) is 25.9 Å². The van der Waals surface area contributed by atoms with E-state index in [1.165, 1.54) is 0 Å². The van der Waals surface area contributed by atoms with Gasteiger partial charge in [0.05, 0.1) is 5.69 Å². The molecule has 1 amide bonds. The van der Waals surface area contributed by atoms with Crippen molar-refractivity contribution in [3.63, 3.8) is 0 Å². The van der Waals surface area contributed by atoms with Gasteiger partial charge in [0.2, 0.25) is 0 Å². The zero-order valence-electron chi connectivity index (χ0n) is 12.7. The SMILES string of the molecule is Cn1ccnc1C(=O)N1CCC[C@@H](Cn2cc(CN)nn2)C1. The van der Waals surface area contributed by atoms with Crippen LogP contribution in [0.2, 0.25) is 0 Å². The number of piperidine rings is 1. The Labute approximate surface area is 128 Å². The second kappa shape index (κ2) is 6.27. The zero-order chi connectivity index (χ0) is 15.5. The molecule has 2 aromatic rings. The van der Waals surface area contributed by atoms with Gasteiger partial charge in [0.15, 0.2) is 5.82 Å². The summed E-state index contributed by atoms with van der Waals surface area (Å²) in [6.45, 7) is 2.67. The molecule has 0 aromatic carbocycles. The number of rotatable bonds is 4. The molecule has 0 unspecified atom stereocenters. The molecule has 118 valence electrons. The Morgan fingerprint density at radius 2 is 2.36 bits per heavy atom. The summed E-state index contributed by atoms with van der Waals surface area (Å²) in [5, 5.41) is 8.08. The van der Waals surface area contributed by atoms with Gasteiger partial charge in [-0.2, -0.15) is 0 Å². The topological polar surface area (TPSA) is 94.9 Å². The highest BCUT2D eigenvalue weighted by molar-refractivity contribution is 5.90. The highest BCUT2D eigenvalue weighted by Crippen LogP contribution is 2.19. The number of carbonyl (C=O) groups excluding carboxylic acids is 1. The van der Waals surface area contributed by atoms with Gasteiger partial charge >= 0.3 is 0 Å². The Balaban J connectivity index is 1.64. The van der Waals surface area contributed by atoms with Crippen LogP contribution in [0.3, 0.4) is 0 Å². The summed E-state index contributed by atoms with van der Waals surface area (Å²) in [5.41, 5.74) is 6.34. The Morgan fingerprint density at radius 1 is 1.50 bits per heavy atom. The van der Waals surface area contributed by atoms with Gasteiger partial charge in [-0.25, -0.2) is 4.98 Å². The van der Waals surface area contributed by atoms with Crippen LogP contribution < -0.4 is 5.73 Å². The molecule has 1 fully saturated rings. The van der Waals surface area contributed by atoms with Crippen LogP contribution in [0, 0.1) is 5.92 Å². The van der Waals surface area contributed by atoms with Gasteiger partial charge in [0.25, 0.3) is 5.91 Å². The third kappa shape index (κ3) is 3.01. The summed E-state index contributed by atoms with van der Waals surface area (Å²) in [6.07, 6.45) is 7.40. The third-order valence-corrected chi connectivity index (χ3v) is 4.06. The molecule has 2 aromatic heterocycles. The average Bonchev–Trinajstić information content (AvgIpc) is 3.15. The average molecular weight is 303 g/mol. The largest absolute Gasteiger partial charge is 0.336 e. The number of carbonyl (C=O) groups is 1. The smallest absolute Gasteiger partial charge is 0.289 e. The maximum Gasteiger partial charge on any atom is 0.289 e. The molecule has 3 rings (SSSR count). The number of aromatic nitrogens is 5. The van der Waals surface area contributed by atoms with E-state index in [9.17, 15) is 4.79 Å². The first-order valence-corrected chi connectivity index (χ1v) is 7.53. The van der Waals surface area contributed by atoms with Crippen LogP contribution in [0.4, 0.5) is 0 Å². The molecule has 22 heavy (non-hydrogen) atoms. The molecule has 2 N–H and O–H groups in total. The van der Waals surface area contributed by atoms with E-state index in [-0.39, 0.29) is 5.91 Å². The Morgan fingerprint density at radius 3 is 3.05 bits per heavy atom. The van der Waals surface area contributed by atoms with Gasteiger partial charge in [0, 0.05) is 51.8 Å². The highest BCUT2D eigenvalue weighted by atomic mass is 16.2. The molecule has 0 aliphatic carbocycles. The molecule has 3 heterocycles. The summed E-state index contributed by atoms with van der Waals surface area (Å²) >= 11 is 0. The Kier molecular flexibility index (Phi) is 4.19. The number of nitrogens with two attached hydrogens (primary N) is 1. The molecule has 1 aliphatic rings. The fourth-order valence-electron chi connectivity index (χ4n) is 2.90. The minimum Gasteiger partial charge on any atom is -0.336 e. The highest BCUT2D eigenvalue weighted by Gasteiger charge is 2.26. The molecule has 0 bridgehead atoms. The second-order valence-corrected chi connectivity index (χ2v) is 5.76. The lowest BCUT2D eigenvalue weighted by Crippen LogP contribution is -2.42. The van der Waals surface area contributed by atoms with Crippen LogP contribution in [0.15, 0.2) is 18.6 Å². The van der Waals surface area contributed by atoms with Crippen LogP contribution >= 0.6 is 0 Å². The Hall–Kier alpha value is -2.22. The number of aryl methyl sites for hydroxylation is 1. The number of likely N-dealkylation sites (tertiary alicyclic amines) is 1. The lowest BCUT2D eigenvalue weighted by Gasteiger charge is -2.32. The van der Waals surface area contributed by atoms with Crippen molar-refractivity contribution in [3.05, 3.63) is 30.1 Å². The molecule has 0 radical (unpaired) electrons. The Bertz CT molecular complexity index is 647. The molecule has 1 saturated heterocycles. The second-order valence-electron chi connectivity index (χ2n) is 5.76. The zero-order valence-corrected chi connectivity index (χ0v) is 12.7. The first kappa shape index (κ1) is 14.7. The number of hydrogen-bond donors (Lipinski definition) is 1. The van der Waals surface area contributed by atoms with Gasteiger partial charge in [-0.05, 0) is 18.8 Å². The van der Waals surface area contributed by atoms with E-state index in [1.807, 2.05) is 22.8 Å². The lowest BCUT2D eigenvalue weighted by atomic mass is 9.98. The van der Waals surface area contributed by atoms with Crippen molar-refractivity contribution in [3.8, 4) is 0 Å². The molecule has 8 nitrogen and oxygen atoms in total. The van der Waals surface area contributed by atoms with Gasteiger partial charge < -0.3 is 15.2 Å². The van der Waals surface area contributed by atoms with E-state index in [4.69, 9.17) is 5.73 Å². The predicted octanol–water partition coefficient (Wildman–Crippen LogP) is 0.0227. The van der Waals surface area contributed by atoms with Crippen LogP contribution in [0.25, 0.3) is 0 Å². The fourth-order valence-corrected chi connectivity index (χ4v) is 2.90. The van der Waals surface area contributed by atoms with Crippen molar-refractivity contribution in [1.82, 2.24) is 29.4 Å². The summed E-state index contributed by atoms with van der Waals surface area (Å²) in [5.74, 6) is 0.871. The number of amides is 1. The van der Waals surface area contributed by atoms with Crippen molar-refractivity contribution < 1.29 is 4.79 Å². The molecule has 0 spiro atoms. The van der Waals surface area contributed by atoms with Crippen molar-refractivity contribution in [2.75, 3.05) is 13.1 Å². The minimum atomic E-state index is -0.00145. The molecule has 1 aliphatic heterocycles. The first-order valence-electron chi connectivity index (χ1n) is 7.53. The van der Waals surface area contributed by atoms with E-state index in [2.05, 4.69) is 15.3 Å². The number of imidazole rings is 1. The van der Waals surface area contributed by atoms with Crippen LogP contribution in [0.5, 0.6) is 0 Å². The molecule has 8 heteroatoms. The lowest BCUT2D eigenvalue weighted by molar-refractivity contribution is 0.0643. The van der Waals surface area contributed by atoms with Gasteiger partial charge in [-0.3, -0.25) is 9.48 Å². The maximum atomic E-state index is 12.5. The summed E-state index contributed by atoms with van der Waals surface area (Å²) in [4.78, 5) is 18.6. The summed E-state index contributed by atoms with van der Waals surface area (Å²) in [7, 11) is 1.84. The van der Waals surface area contributed by atoms with Crippen molar-refractivity contribution >= 4 is 5.91 Å². The standard InChI is InChI=1S/C14H21N7O/c1-19-6-4-16-13(19)14(22)20-5-2-3-11(8-20)9-21-10-12(7-15)17-18-21/h4,6,10-11H,2-3,5,7-9,15H2,1H3/t11-/m1/s1. The van der Waals surface area contributed by atoms with Crippen molar-refractivity contribution in [2.24, 2.45) is 18.7 Å². The van der Waals surface area contributed by atoms with E-state index in [1.54, 1.807) is 17.0 Å². The molecule has 1 atom stereocenters. The van der Waals surface area contributed by atoms with Crippen LogP contribution in [0.1, 0.15) is 29.2 Å². The van der Waals surface area contributed by atoms with E-state index in [0.717, 1.165) is 38.2 Å². The quantitative estimate of drug-likeness (QED) is 0.859. The molecular formula is C14H21N7O. The monoisotopic (exact) mass is 303 g/mol. The number of hydrogen-bond acceptors (Lipinski definition) is 5. The predicted molar refractivity (Wildman–Crippen MR) is 79.7 cm³/mol. The van der Waals surface area contributed by atoms with E-state index < -0.39 is 0 Å². The first-order chi connectivity index (χ1) is 10.7. The van der Waals surface area contributed by atoms with Gasteiger partial charge in [-0.1, -0.05) is 5.21 Å². The molecule has 0 saturated carbocycles. The summed E-state index contributed by atoms with van der Waals surface area (Å²) < 4.78 is 3.58. The normalized spacial score (nSPS) is 18.6. The summed E-state index contributed by atoms with van der Waals surface area (Å²) in [6, 6.07) is 0. The van der Waals surface area contributed by atoms with Crippen molar-refractivity contribution in [1.29, 1.82) is 0 Å². The number of nitrogens with zero attached hydrogens (tertiary/aromatic N) is 6. The van der Waals surface area contributed by atoms with Gasteiger partial charge in [-0.15, -0.1) is 5.10 Å². The van der Waals surface area contributed by atoms with E-state index in [0.29, 0.717) is 18.3 Å². The van der Waals surface area contributed by atoms with Crippen LogP contribution in [-0.4, -0.2) is 48.4 Å². The molecular weight excluding hydrogens is 282 g/mol. The fraction of sp³-hybridized carbons (Fsp3) is 0.571. The van der Waals surface area contributed by atoms with E-state index >= 15 is 0 Å². The third-order valence-electron chi connectivity index (χ3n) is 4.06. The van der Waals surface area contributed by atoms with Crippen LogP contribution in [-0.2, 0) is 20.1 Å².